The Balaban J connectivity index is 0.000000170. The van der Waals surface area contributed by atoms with E-state index < -0.39 is 0 Å². The Morgan fingerprint density at radius 3 is 2.02 bits per heavy atom. The number of pyridine rings is 2. The molecule has 0 radical (unpaired) electrons. The molecule has 0 aliphatic rings. The lowest BCUT2D eigenvalue weighted by Crippen LogP contribution is -2.34. The van der Waals surface area contributed by atoms with Gasteiger partial charge in [-0.1, -0.05) is 23.2 Å². The summed E-state index contributed by atoms with van der Waals surface area (Å²) in [6.07, 6.45) is 3.30. The highest BCUT2D eigenvalue weighted by Gasteiger charge is 2.11. The Kier molecular flexibility index (Phi) is 10.2. The molecule has 0 unspecified atom stereocenters. The van der Waals surface area contributed by atoms with Crippen molar-refractivity contribution in [3.63, 3.8) is 0 Å². The van der Waals surface area contributed by atoms with Crippen molar-refractivity contribution in [3.05, 3.63) is 101 Å². The second-order valence-corrected chi connectivity index (χ2v) is 10.7. The Morgan fingerprint density at radius 1 is 0.735 bits per heavy atom. The summed E-state index contributed by atoms with van der Waals surface area (Å²) >= 11 is 11.6. The number of aromatic nitrogens is 8. The molecule has 0 fully saturated rings. The number of hydrogen-bond acceptors (Lipinski definition) is 13. The number of ether oxygens (including phenoxy) is 4. The van der Waals surface area contributed by atoms with Crippen LogP contribution in [-0.2, 0) is 11.4 Å². The van der Waals surface area contributed by atoms with E-state index in [9.17, 15) is 4.79 Å². The van der Waals surface area contributed by atoms with Crippen molar-refractivity contribution < 1.29 is 23.7 Å². The number of carbonyl (C=O) groups excluding carboxylic acids is 1. The number of methoxy groups -OCH3 is 2. The van der Waals surface area contributed by atoms with E-state index in [1.807, 2.05) is 24.3 Å². The average molecular weight is 702 g/mol. The first kappa shape index (κ1) is 32.9. The van der Waals surface area contributed by atoms with Gasteiger partial charge >= 0.3 is 0 Å². The standard InChI is InChI=1S/C16H14ClN5O3.C16H12ClN5O2/c1-24-10-2-3-11-12(8-10)18-7-6-13(11)25-9-16(23)22-21-15-5-4-14(17)19-20-15;1-23-10-2-3-11-12(8-10)18-7-6-13(11)24-9-16-20-19-15-5-4-14(17)21-22(15)16/h2-8H,9H2,1H3,(H,20,21)(H,22,23);2-8H,9H2,1H3. The summed E-state index contributed by atoms with van der Waals surface area (Å²) in [6.45, 7) is 0.0266. The number of fused-ring (bicyclic) bond motifs is 3. The summed E-state index contributed by atoms with van der Waals surface area (Å²) < 4.78 is 23.4. The number of hydrogen-bond donors (Lipinski definition) is 2. The summed E-state index contributed by atoms with van der Waals surface area (Å²) in [7, 11) is 3.21. The number of nitrogens with one attached hydrogen (secondary N) is 2. The molecule has 0 saturated carbocycles. The smallest absolute Gasteiger partial charge is 0.276 e. The van der Waals surface area contributed by atoms with Crippen molar-refractivity contribution >= 4 is 62.4 Å². The van der Waals surface area contributed by atoms with E-state index in [0.29, 0.717) is 45.2 Å². The minimum atomic E-state index is -0.379. The minimum Gasteiger partial charge on any atom is -0.497 e. The van der Waals surface area contributed by atoms with Crippen LogP contribution in [0.15, 0.2) is 85.2 Å². The number of anilines is 1. The number of nitrogens with zero attached hydrogens (tertiary/aromatic N) is 8. The van der Waals surface area contributed by atoms with Crippen LogP contribution in [0.2, 0.25) is 10.3 Å². The maximum atomic E-state index is 11.9. The Morgan fingerprint density at radius 2 is 1.39 bits per heavy atom. The molecule has 0 bridgehead atoms. The van der Waals surface area contributed by atoms with Crippen LogP contribution in [0.4, 0.5) is 5.82 Å². The molecule has 5 heterocycles. The van der Waals surface area contributed by atoms with Gasteiger partial charge in [-0.2, -0.15) is 9.61 Å². The summed E-state index contributed by atoms with van der Waals surface area (Å²) in [5.74, 6) is 3.23. The third-order valence-corrected chi connectivity index (χ3v) is 7.20. The van der Waals surface area contributed by atoms with Crippen molar-refractivity contribution in [3.8, 4) is 23.0 Å². The van der Waals surface area contributed by atoms with Crippen molar-refractivity contribution in [2.24, 2.45) is 0 Å². The third kappa shape index (κ3) is 8.09. The maximum Gasteiger partial charge on any atom is 0.276 e. The highest BCUT2D eigenvalue weighted by molar-refractivity contribution is 6.29. The predicted octanol–water partition coefficient (Wildman–Crippen LogP) is 5.12. The lowest BCUT2D eigenvalue weighted by atomic mass is 10.2. The average Bonchev–Trinajstić information content (AvgIpc) is 3.54. The molecule has 0 aliphatic heterocycles. The highest BCUT2D eigenvalue weighted by atomic mass is 35.5. The molecular formula is C32H26Cl2N10O5. The van der Waals surface area contributed by atoms with Crippen LogP contribution in [0.3, 0.4) is 0 Å². The van der Waals surface area contributed by atoms with Gasteiger partial charge in [0.2, 0.25) is 0 Å². The number of carbonyl (C=O) groups is 1. The van der Waals surface area contributed by atoms with Crippen LogP contribution in [0, 0.1) is 0 Å². The first-order valence-corrected chi connectivity index (χ1v) is 15.2. The van der Waals surface area contributed by atoms with E-state index in [2.05, 4.69) is 46.3 Å². The second kappa shape index (κ2) is 15.2. The van der Waals surface area contributed by atoms with E-state index in [1.165, 1.54) is 0 Å². The molecule has 2 N–H and O–H groups in total. The number of halogens is 2. The monoisotopic (exact) mass is 700 g/mol. The van der Waals surface area contributed by atoms with E-state index in [1.54, 1.807) is 79.7 Å². The number of rotatable bonds is 10. The zero-order chi connectivity index (χ0) is 34.2. The zero-order valence-corrected chi connectivity index (χ0v) is 27.4. The first-order valence-electron chi connectivity index (χ1n) is 14.4. The molecule has 248 valence electrons. The van der Waals surface area contributed by atoms with Gasteiger partial charge in [0.15, 0.2) is 29.0 Å². The van der Waals surface area contributed by atoms with Gasteiger partial charge in [0.1, 0.15) is 34.8 Å². The van der Waals surface area contributed by atoms with Crippen molar-refractivity contribution in [2.45, 2.75) is 6.61 Å². The van der Waals surface area contributed by atoms with Gasteiger partial charge in [-0.3, -0.25) is 25.6 Å². The molecule has 17 heteroatoms. The van der Waals surface area contributed by atoms with Gasteiger partial charge in [0.05, 0.1) is 25.3 Å². The van der Waals surface area contributed by atoms with Gasteiger partial charge < -0.3 is 18.9 Å². The molecule has 0 atom stereocenters. The van der Waals surface area contributed by atoms with Gasteiger partial charge in [-0.25, -0.2) is 0 Å². The van der Waals surface area contributed by atoms with Crippen molar-refractivity contribution in [1.82, 2.24) is 45.4 Å². The molecule has 15 nitrogen and oxygen atoms in total. The fourth-order valence-electron chi connectivity index (χ4n) is 4.45. The molecular weight excluding hydrogens is 675 g/mol. The molecule has 0 saturated heterocycles. The Bertz CT molecular complexity index is 2240. The zero-order valence-electron chi connectivity index (χ0n) is 25.9. The third-order valence-electron chi connectivity index (χ3n) is 6.79. The largest absolute Gasteiger partial charge is 0.497 e. The quantitative estimate of drug-likeness (QED) is 0.180. The highest BCUT2D eigenvalue weighted by Crippen LogP contribution is 2.28. The van der Waals surface area contributed by atoms with Crippen LogP contribution in [0.25, 0.3) is 27.5 Å². The van der Waals surface area contributed by atoms with Crippen molar-refractivity contribution in [1.29, 1.82) is 0 Å². The summed E-state index contributed by atoms with van der Waals surface area (Å²) in [4.78, 5) is 20.5. The normalized spacial score (nSPS) is 10.7. The molecule has 7 rings (SSSR count). The Labute approximate surface area is 288 Å². The molecule has 7 aromatic rings. The van der Waals surface area contributed by atoms with Crippen molar-refractivity contribution in [2.75, 3.05) is 26.3 Å². The van der Waals surface area contributed by atoms with E-state index in [4.69, 9.17) is 42.1 Å². The molecule has 1 amide bonds. The number of hydrazine groups is 1. The van der Waals surface area contributed by atoms with Crippen LogP contribution in [-0.4, -0.2) is 66.7 Å². The molecule has 2 aromatic carbocycles. The lowest BCUT2D eigenvalue weighted by Gasteiger charge is -2.10. The van der Waals surface area contributed by atoms with Crippen LogP contribution in [0.1, 0.15) is 5.82 Å². The van der Waals surface area contributed by atoms with E-state index in [-0.39, 0.29) is 24.3 Å². The molecule has 0 spiro atoms. The fraction of sp³-hybridized carbons (Fsp3) is 0.125. The number of benzene rings is 2. The fourth-order valence-corrected chi connectivity index (χ4v) is 4.69. The minimum absolute atomic E-state index is 0.181. The van der Waals surface area contributed by atoms with Gasteiger partial charge in [-0.05, 0) is 60.7 Å². The maximum absolute atomic E-state index is 11.9. The number of amides is 1. The SMILES string of the molecule is COc1ccc2c(OCC(=O)NNc3ccc(Cl)nn3)ccnc2c1.COc1ccc2c(OCc3nnc4ccc(Cl)nn34)ccnc2c1. The van der Waals surface area contributed by atoms with Crippen LogP contribution < -0.4 is 29.8 Å². The van der Waals surface area contributed by atoms with Gasteiger partial charge in [0, 0.05) is 35.3 Å². The summed E-state index contributed by atoms with van der Waals surface area (Å²) in [5.41, 5.74) is 7.20. The summed E-state index contributed by atoms with van der Waals surface area (Å²) in [5, 5.41) is 22.0. The topological polar surface area (TPSA) is 173 Å². The van der Waals surface area contributed by atoms with Crippen LogP contribution in [0.5, 0.6) is 23.0 Å². The summed E-state index contributed by atoms with van der Waals surface area (Å²) in [6, 6.07) is 21.1. The molecule has 5 aromatic heterocycles. The Hall–Kier alpha value is -6.06. The van der Waals surface area contributed by atoms with Gasteiger partial charge in [-0.15, -0.1) is 20.4 Å². The molecule has 0 aliphatic carbocycles. The van der Waals surface area contributed by atoms with E-state index in [0.717, 1.165) is 22.0 Å². The van der Waals surface area contributed by atoms with E-state index >= 15 is 0 Å². The van der Waals surface area contributed by atoms with Gasteiger partial charge in [0.25, 0.3) is 5.91 Å². The van der Waals surface area contributed by atoms with Crippen LogP contribution >= 0.6 is 23.2 Å². The lowest BCUT2D eigenvalue weighted by molar-refractivity contribution is -0.122. The second-order valence-electron chi connectivity index (χ2n) is 9.92. The predicted molar refractivity (Wildman–Crippen MR) is 181 cm³/mol. The molecule has 49 heavy (non-hydrogen) atoms. The first-order chi connectivity index (χ1) is 23.9.